The SMILES string of the molecule is CC(C)(C)C(=O)N1CCN(c2ccc(NC(=S)NC(=O)c3cccc4c(Br)cccc34)cc2)CC1. The Morgan fingerprint density at radius 2 is 1.51 bits per heavy atom. The summed E-state index contributed by atoms with van der Waals surface area (Å²) in [5, 5.41) is 7.94. The lowest BCUT2D eigenvalue weighted by molar-refractivity contribution is -0.139. The number of amides is 2. The van der Waals surface area contributed by atoms with Crippen LogP contribution in [0.15, 0.2) is 65.1 Å². The second-order valence-electron chi connectivity index (χ2n) is 9.62. The molecule has 0 aromatic heterocycles. The van der Waals surface area contributed by atoms with E-state index in [1.807, 2.05) is 80.3 Å². The van der Waals surface area contributed by atoms with Gasteiger partial charge in [-0.15, -0.1) is 0 Å². The van der Waals surface area contributed by atoms with Crippen molar-refractivity contribution in [3.8, 4) is 0 Å². The fraction of sp³-hybridized carbons (Fsp3) is 0.296. The largest absolute Gasteiger partial charge is 0.368 e. The lowest BCUT2D eigenvalue weighted by atomic mass is 9.94. The van der Waals surface area contributed by atoms with Crippen molar-refractivity contribution in [1.82, 2.24) is 10.2 Å². The molecule has 3 aromatic carbocycles. The quantitative estimate of drug-likeness (QED) is 0.424. The first-order chi connectivity index (χ1) is 16.6. The number of hydrogen-bond acceptors (Lipinski definition) is 4. The first-order valence-electron chi connectivity index (χ1n) is 11.6. The van der Waals surface area contributed by atoms with Crippen LogP contribution < -0.4 is 15.5 Å². The van der Waals surface area contributed by atoms with Gasteiger partial charge in [0.1, 0.15) is 0 Å². The molecule has 1 aliphatic rings. The molecule has 0 aliphatic carbocycles. The van der Waals surface area contributed by atoms with Crippen LogP contribution in [0.1, 0.15) is 31.1 Å². The Kier molecular flexibility index (Phi) is 7.42. The van der Waals surface area contributed by atoms with Gasteiger partial charge in [-0.05, 0) is 59.4 Å². The fourth-order valence-electron chi connectivity index (χ4n) is 4.20. The zero-order chi connectivity index (χ0) is 25.2. The van der Waals surface area contributed by atoms with Gasteiger partial charge in [-0.1, -0.05) is 61.0 Å². The maximum atomic E-state index is 12.9. The molecule has 2 amide bonds. The highest BCUT2D eigenvalue weighted by molar-refractivity contribution is 9.10. The molecule has 0 spiro atoms. The fourth-order valence-corrected chi connectivity index (χ4v) is 4.91. The molecule has 182 valence electrons. The third-order valence-corrected chi connectivity index (χ3v) is 6.93. The number of nitrogens with one attached hydrogen (secondary N) is 2. The van der Waals surface area contributed by atoms with Gasteiger partial charge in [-0.25, -0.2) is 0 Å². The van der Waals surface area contributed by atoms with Crippen LogP contribution in [0.3, 0.4) is 0 Å². The molecule has 3 aromatic rings. The molecule has 6 nitrogen and oxygen atoms in total. The summed E-state index contributed by atoms with van der Waals surface area (Å²) in [6.45, 7) is 8.91. The molecule has 0 unspecified atom stereocenters. The van der Waals surface area contributed by atoms with Crippen molar-refractivity contribution in [3.05, 3.63) is 70.7 Å². The van der Waals surface area contributed by atoms with Crippen LogP contribution in [-0.2, 0) is 4.79 Å². The van der Waals surface area contributed by atoms with Gasteiger partial charge in [0, 0.05) is 53.0 Å². The van der Waals surface area contributed by atoms with Gasteiger partial charge in [0.05, 0.1) is 0 Å². The summed E-state index contributed by atoms with van der Waals surface area (Å²) in [6, 6.07) is 19.3. The van der Waals surface area contributed by atoms with Crippen molar-refractivity contribution in [2.24, 2.45) is 5.41 Å². The van der Waals surface area contributed by atoms with Gasteiger partial charge >= 0.3 is 0 Å². The number of rotatable bonds is 3. The summed E-state index contributed by atoms with van der Waals surface area (Å²) in [5.74, 6) is -0.0612. The standard InChI is InChI=1S/C27H29BrN4O2S/c1-27(2,3)25(34)32-16-14-31(15-17-32)19-12-10-18(11-13-19)29-26(35)30-24(33)22-8-4-7-21-20(22)6-5-9-23(21)28/h4-13H,14-17H2,1-3H3,(H2,29,30,33,35). The Morgan fingerprint density at radius 1 is 0.886 bits per heavy atom. The van der Waals surface area contributed by atoms with Gasteiger partial charge < -0.3 is 15.1 Å². The third kappa shape index (κ3) is 5.82. The predicted octanol–water partition coefficient (Wildman–Crippen LogP) is 5.42. The van der Waals surface area contributed by atoms with Crippen LogP contribution >= 0.6 is 28.1 Å². The number of carbonyl (C=O) groups excluding carboxylic acids is 2. The van der Waals surface area contributed by atoms with Gasteiger partial charge in [0.25, 0.3) is 5.91 Å². The van der Waals surface area contributed by atoms with Crippen molar-refractivity contribution in [3.63, 3.8) is 0 Å². The van der Waals surface area contributed by atoms with Gasteiger partial charge in [-0.3, -0.25) is 14.9 Å². The third-order valence-electron chi connectivity index (χ3n) is 6.04. The van der Waals surface area contributed by atoms with Crippen LogP contribution in [0.2, 0.25) is 0 Å². The monoisotopic (exact) mass is 552 g/mol. The zero-order valence-electron chi connectivity index (χ0n) is 20.1. The molecule has 0 atom stereocenters. The summed E-state index contributed by atoms with van der Waals surface area (Å²) in [4.78, 5) is 29.6. The average molecular weight is 554 g/mol. The topological polar surface area (TPSA) is 64.7 Å². The van der Waals surface area contributed by atoms with Crippen LogP contribution in [0.25, 0.3) is 10.8 Å². The molecule has 0 radical (unpaired) electrons. The van der Waals surface area contributed by atoms with Gasteiger partial charge in [0.2, 0.25) is 5.91 Å². The molecule has 2 N–H and O–H groups in total. The maximum Gasteiger partial charge on any atom is 0.258 e. The smallest absolute Gasteiger partial charge is 0.258 e. The van der Waals surface area contributed by atoms with E-state index in [1.54, 1.807) is 6.07 Å². The van der Waals surface area contributed by atoms with Crippen LogP contribution in [0.4, 0.5) is 11.4 Å². The minimum atomic E-state index is -0.353. The zero-order valence-corrected chi connectivity index (χ0v) is 22.5. The Morgan fingerprint density at radius 3 is 2.17 bits per heavy atom. The minimum Gasteiger partial charge on any atom is -0.368 e. The molecule has 0 bridgehead atoms. The average Bonchev–Trinajstić information content (AvgIpc) is 2.83. The predicted molar refractivity (Wildman–Crippen MR) is 150 cm³/mol. The first-order valence-corrected chi connectivity index (χ1v) is 12.8. The van der Waals surface area contributed by atoms with E-state index >= 15 is 0 Å². The molecular formula is C27H29BrN4O2S. The van der Waals surface area contributed by atoms with Gasteiger partial charge in [-0.2, -0.15) is 0 Å². The molecule has 1 aliphatic heterocycles. The van der Waals surface area contributed by atoms with E-state index in [0.29, 0.717) is 5.56 Å². The number of carbonyl (C=O) groups is 2. The highest BCUT2D eigenvalue weighted by atomic mass is 79.9. The normalized spacial score (nSPS) is 14.1. The van der Waals surface area contributed by atoms with Crippen molar-refractivity contribution in [2.45, 2.75) is 20.8 Å². The van der Waals surface area contributed by atoms with Crippen molar-refractivity contribution >= 4 is 67.2 Å². The van der Waals surface area contributed by atoms with Crippen molar-refractivity contribution in [1.29, 1.82) is 0 Å². The van der Waals surface area contributed by atoms with E-state index in [1.165, 1.54) is 0 Å². The first kappa shape index (κ1) is 25.1. The maximum absolute atomic E-state index is 12.9. The minimum absolute atomic E-state index is 0.198. The summed E-state index contributed by atoms with van der Waals surface area (Å²) < 4.78 is 0.938. The van der Waals surface area contributed by atoms with E-state index in [-0.39, 0.29) is 22.3 Å². The van der Waals surface area contributed by atoms with E-state index in [9.17, 15) is 9.59 Å². The van der Waals surface area contributed by atoms with Crippen LogP contribution in [0, 0.1) is 5.41 Å². The molecule has 0 saturated carbocycles. The second-order valence-corrected chi connectivity index (χ2v) is 10.9. The van der Waals surface area contributed by atoms with Crippen molar-refractivity contribution in [2.75, 3.05) is 36.4 Å². The van der Waals surface area contributed by atoms with Gasteiger partial charge in [0.15, 0.2) is 5.11 Å². The molecule has 1 saturated heterocycles. The number of benzene rings is 3. The van der Waals surface area contributed by atoms with Crippen LogP contribution in [0.5, 0.6) is 0 Å². The summed E-state index contributed by atoms with van der Waals surface area (Å²) in [7, 11) is 0. The van der Waals surface area contributed by atoms with E-state index in [2.05, 4.69) is 31.5 Å². The van der Waals surface area contributed by atoms with E-state index in [4.69, 9.17) is 12.2 Å². The Bertz CT molecular complexity index is 1260. The Labute approximate surface area is 219 Å². The number of fused-ring (bicyclic) bond motifs is 1. The second kappa shape index (κ2) is 10.3. The molecule has 8 heteroatoms. The summed E-state index contributed by atoms with van der Waals surface area (Å²) in [6.07, 6.45) is 0. The Hall–Kier alpha value is -2.97. The van der Waals surface area contributed by atoms with E-state index in [0.717, 1.165) is 52.8 Å². The molecule has 35 heavy (non-hydrogen) atoms. The number of hydrogen-bond donors (Lipinski definition) is 2. The lowest BCUT2D eigenvalue weighted by Gasteiger charge is -2.38. The van der Waals surface area contributed by atoms with Crippen molar-refractivity contribution < 1.29 is 9.59 Å². The molecule has 1 heterocycles. The van der Waals surface area contributed by atoms with Crippen LogP contribution in [-0.4, -0.2) is 48.0 Å². The highest BCUT2D eigenvalue weighted by Crippen LogP contribution is 2.26. The molecule has 1 fully saturated rings. The number of anilines is 2. The summed E-state index contributed by atoms with van der Waals surface area (Å²) in [5.41, 5.74) is 2.09. The molecular weight excluding hydrogens is 524 g/mol. The number of halogens is 1. The number of nitrogens with zero attached hydrogens (tertiary/aromatic N) is 2. The van der Waals surface area contributed by atoms with E-state index < -0.39 is 0 Å². The Balaban J connectivity index is 1.34. The highest BCUT2D eigenvalue weighted by Gasteiger charge is 2.29. The number of piperazine rings is 1. The lowest BCUT2D eigenvalue weighted by Crippen LogP contribution is -2.51. The molecule has 4 rings (SSSR count). The summed E-state index contributed by atoms with van der Waals surface area (Å²) >= 11 is 8.92. The number of thiocarbonyl (C=S) groups is 1.